The van der Waals surface area contributed by atoms with Gasteiger partial charge in [0.15, 0.2) is 0 Å². The summed E-state index contributed by atoms with van der Waals surface area (Å²) in [6, 6.07) is 0.324. The van der Waals surface area contributed by atoms with Gasteiger partial charge in [0, 0.05) is 26.1 Å². The summed E-state index contributed by atoms with van der Waals surface area (Å²) in [5, 5.41) is 8.06. The molecule has 0 bridgehead atoms. The Morgan fingerprint density at radius 3 is 2.71 bits per heavy atom. The lowest BCUT2D eigenvalue weighted by atomic mass is 9.89. The number of hydrogen-bond acceptors (Lipinski definition) is 4. The van der Waals surface area contributed by atoms with Gasteiger partial charge in [0.2, 0.25) is 0 Å². The predicted octanol–water partition coefficient (Wildman–Crippen LogP) is 2.56. The van der Waals surface area contributed by atoms with Gasteiger partial charge in [-0.25, -0.2) is 4.98 Å². The topological polar surface area (TPSA) is 52.0 Å². The van der Waals surface area contributed by atoms with E-state index in [1.54, 1.807) is 6.33 Å². The molecule has 1 aromatic heterocycles. The van der Waals surface area contributed by atoms with E-state index in [4.69, 9.17) is 4.74 Å². The van der Waals surface area contributed by atoms with Crippen LogP contribution in [0.2, 0.25) is 0 Å². The monoisotopic (exact) mass is 294 g/mol. The molecule has 1 saturated carbocycles. The maximum Gasteiger partial charge on any atom is 0.138 e. The van der Waals surface area contributed by atoms with Gasteiger partial charge in [0.05, 0.1) is 5.60 Å². The number of hydrogen-bond donors (Lipinski definition) is 1. The molecule has 2 rings (SSSR count). The summed E-state index contributed by atoms with van der Waals surface area (Å²) < 4.78 is 8.03. The summed E-state index contributed by atoms with van der Waals surface area (Å²) in [4.78, 5) is 4.48. The molecule has 5 nitrogen and oxygen atoms in total. The van der Waals surface area contributed by atoms with Crippen LogP contribution in [0.15, 0.2) is 6.33 Å². The van der Waals surface area contributed by atoms with Crippen LogP contribution in [0.25, 0.3) is 0 Å². The van der Waals surface area contributed by atoms with Crippen molar-refractivity contribution in [3.8, 4) is 0 Å². The molecular weight excluding hydrogens is 264 g/mol. The lowest BCUT2D eigenvalue weighted by molar-refractivity contribution is -0.0361. The highest BCUT2D eigenvalue weighted by Gasteiger charge is 2.41. The Hall–Kier alpha value is -0.940. The first-order valence-corrected chi connectivity index (χ1v) is 8.41. The number of aryl methyl sites for hydroxylation is 1. The van der Waals surface area contributed by atoms with Gasteiger partial charge in [0.1, 0.15) is 12.2 Å². The first kappa shape index (κ1) is 16.4. The zero-order valence-corrected chi connectivity index (χ0v) is 13.8. The second-order valence-corrected chi connectivity index (χ2v) is 6.09. The largest absolute Gasteiger partial charge is 0.377 e. The smallest absolute Gasteiger partial charge is 0.138 e. The maximum absolute atomic E-state index is 5.99. The maximum atomic E-state index is 5.99. The number of aromatic nitrogens is 3. The summed E-state index contributed by atoms with van der Waals surface area (Å²) in [5.41, 5.74) is -0.0296. The van der Waals surface area contributed by atoms with Crippen LogP contribution >= 0.6 is 0 Å². The number of methoxy groups -OCH3 is 1. The number of rotatable bonds is 9. The molecule has 1 aromatic rings. The van der Waals surface area contributed by atoms with Crippen LogP contribution in [-0.2, 0) is 17.7 Å². The zero-order chi connectivity index (χ0) is 15.1. The summed E-state index contributed by atoms with van der Waals surface area (Å²) in [7, 11) is 1.86. The van der Waals surface area contributed by atoms with Crippen LogP contribution in [-0.4, -0.2) is 40.1 Å². The van der Waals surface area contributed by atoms with E-state index in [2.05, 4.69) is 29.2 Å². The third-order valence-corrected chi connectivity index (χ3v) is 4.65. The van der Waals surface area contributed by atoms with Gasteiger partial charge in [-0.15, -0.1) is 0 Å². The fourth-order valence-electron chi connectivity index (χ4n) is 3.46. The summed E-state index contributed by atoms with van der Waals surface area (Å²) in [6.07, 6.45) is 9.61. The second-order valence-electron chi connectivity index (χ2n) is 6.09. The highest BCUT2D eigenvalue weighted by Crippen LogP contribution is 2.36. The van der Waals surface area contributed by atoms with Crippen LogP contribution in [0.3, 0.4) is 0 Å². The van der Waals surface area contributed by atoms with Crippen molar-refractivity contribution in [1.82, 2.24) is 20.1 Å². The highest BCUT2D eigenvalue weighted by molar-refractivity contribution is 5.02. The van der Waals surface area contributed by atoms with Crippen molar-refractivity contribution in [3.05, 3.63) is 12.2 Å². The SMILES string of the molecule is CCCNC(Cc1ncnn1CCC)C1(OC)CCCC1. The van der Waals surface area contributed by atoms with Crippen molar-refractivity contribution in [2.75, 3.05) is 13.7 Å². The first-order valence-electron chi connectivity index (χ1n) is 8.41. The molecule has 0 saturated heterocycles. The summed E-state index contributed by atoms with van der Waals surface area (Å²) in [6.45, 7) is 6.34. The molecule has 120 valence electrons. The zero-order valence-electron chi connectivity index (χ0n) is 13.8. The van der Waals surface area contributed by atoms with Crippen molar-refractivity contribution in [1.29, 1.82) is 0 Å². The molecule has 0 aliphatic heterocycles. The van der Waals surface area contributed by atoms with Crippen molar-refractivity contribution in [3.63, 3.8) is 0 Å². The van der Waals surface area contributed by atoms with E-state index < -0.39 is 0 Å². The molecule has 1 unspecified atom stereocenters. The van der Waals surface area contributed by atoms with Crippen LogP contribution in [0.5, 0.6) is 0 Å². The van der Waals surface area contributed by atoms with Crippen LogP contribution in [0.1, 0.15) is 58.2 Å². The van der Waals surface area contributed by atoms with E-state index in [0.717, 1.165) is 51.0 Å². The summed E-state index contributed by atoms with van der Waals surface area (Å²) >= 11 is 0. The van der Waals surface area contributed by atoms with E-state index in [-0.39, 0.29) is 5.60 Å². The molecular formula is C16H30N4O. The Morgan fingerprint density at radius 2 is 2.10 bits per heavy atom. The number of nitrogens with zero attached hydrogens (tertiary/aromatic N) is 3. The standard InChI is InChI=1S/C16H30N4O/c1-4-10-17-14(16(21-3)8-6-7-9-16)12-15-18-13-19-20(15)11-5-2/h13-14,17H,4-12H2,1-3H3. The fourth-order valence-corrected chi connectivity index (χ4v) is 3.46. The van der Waals surface area contributed by atoms with Gasteiger partial charge >= 0.3 is 0 Å². The Labute approximate surface area is 128 Å². The average Bonchev–Trinajstić information content (AvgIpc) is 3.14. The fraction of sp³-hybridized carbons (Fsp3) is 0.875. The molecule has 5 heteroatoms. The van der Waals surface area contributed by atoms with Crippen LogP contribution < -0.4 is 5.32 Å². The Balaban J connectivity index is 2.13. The molecule has 1 aliphatic carbocycles. The lowest BCUT2D eigenvalue weighted by Crippen LogP contribution is -2.52. The second kappa shape index (κ2) is 7.90. The average molecular weight is 294 g/mol. The van der Waals surface area contributed by atoms with Crippen LogP contribution in [0.4, 0.5) is 0 Å². The van der Waals surface area contributed by atoms with Crippen molar-refractivity contribution in [2.45, 2.75) is 77.0 Å². The van der Waals surface area contributed by atoms with E-state index in [1.807, 2.05) is 11.8 Å². The van der Waals surface area contributed by atoms with Gasteiger partial charge < -0.3 is 10.1 Å². The predicted molar refractivity (Wildman–Crippen MR) is 84.3 cm³/mol. The van der Waals surface area contributed by atoms with E-state index >= 15 is 0 Å². The number of ether oxygens (including phenoxy) is 1. The van der Waals surface area contributed by atoms with E-state index in [9.17, 15) is 0 Å². The Morgan fingerprint density at radius 1 is 1.33 bits per heavy atom. The van der Waals surface area contributed by atoms with Crippen molar-refractivity contribution in [2.24, 2.45) is 0 Å². The van der Waals surface area contributed by atoms with Gasteiger partial charge in [-0.2, -0.15) is 5.10 Å². The molecule has 0 spiro atoms. The third kappa shape index (κ3) is 3.83. The lowest BCUT2D eigenvalue weighted by Gasteiger charge is -2.37. The quantitative estimate of drug-likeness (QED) is 0.760. The van der Waals surface area contributed by atoms with Crippen LogP contribution in [0, 0.1) is 0 Å². The minimum atomic E-state index is -0.0296. The van der Waals surface area contributed by atoms with E-state index in [0.29, 0.717) is 6.04 Å². The highest BCUT2D eigenvalue weighted by atomic mass is 16.5. The molecule has 1 fully saturated rings. The van der Waals surface area contributed by atoms with Crippen molar-refractivity contribution < 1.29 is 4.74 Å². The Kier molecular flexibility index (Phi) is 6.18. The molecule has 0 amide bonds. The van der Waals surface area contributed by atoms with Gasteiger partial charge in [-0.1, -0.05) is 26.7 Å². The van der Waals surface area contributed by atoms with Gasteiger partial charge in [0.25, 0.3) is 0 Å². The van der Waals surface area contributed by atoms with Gasteiger partial charge in [-0.05, 0) is 32.2 Å². The number of nitrogens with one attached hydrogen (secondary N) is 1. The van der Waals surface area contributed by atoms with Gasteiger partial charge in [-0.3, -0.25) is 4.68 Å². The van der Waals surface area contributed by atoms with Crippen molar-refractivity contribution >= 4 is 0 Å². The van der Waals surface area contributed by atoms with E-state index in [1.165, 1.54) is 12.8 Å². The molecule has 0 aromatic carbocycles. The molecule has 21 heavy (non-hydrogen) atoms. The molecule has 0 radical (unpaired) electrons. The molecule has 1 heterocycles. The third-order valence-electron chi connectivity index (χ3n) is 4.65. The minimum absolute atomic E-state index is 0.0296. The Bertz CT molecular complexity index is 412. The molecule has 1 atom stereocenters. The summed E-state index contributed by atoms with van der Waals surface area (Å²) in [5.74, 6) is 1.08. The normalized spacial score (nSPS) is 19.0. The first-order chi connectivity index (χ1) is 10.3. The molecule has 1 aliphatic rings. The molecule has 1 N–H and O–H groups in total. The minimum Gasteiger partial charge on any atom is -0.377 e.